The molecule has 2 radical (unpaired) electrons. The maximum Gasteiger partial charge on any atom is 4.00 e. The smallest absolute Gasteiger partial charge is 0.652 e. The zero-order valence-corrected chi connectivity index (χ0v) is 25.3. The zero-order chi connectivity index (χ0) is 25.0. The summed E-state index contributed by atoms with van der Waals surface area (Å²) in [5, 5.41) is 117. The summed E-state index contributed by atoms with van der Waals surface area (Å²) in [5.41, 5.74) is 0. The molecule has 0 aromatic rings. The van der Waals surface area contributed by atoms with Gasteiger partial charge in [0.2, 0.25) is 0 Å². The molecule has 0 aliphatic rings. The fraction of sp³-hybridized carbons (Fsp3) is 0. The molecule has 0 rings (SSSR count). The number of hydrogen-bond acceptors (Lipinski definition) is 21. The topological polar surface area (TPSA) is 442 Å². The second kappa shape index (κ2) is 63.1. The molecule has 0 spiro atoms. The van der Waals surface area contributed by atoms with Crippen molar-refractivity contribution in [1.29, 1.82) is 0 Å². The summed E-state index contributed by atoms with van der Waals surface area (Å²) in [6, 6.07) is 0. The Morgan fingerprint density at radius 3 is 0.250 bits per heavy atom. The van der Waals surface area contributed by atoms with E-state index in [4.69, 9.17) is 105 Å². The van der Waals surface area contributed by atoms with Crippen molar-refractivity contribution in [1.82, 2.24) is 0 Å². The second-order valence-electron chi connectivity index (χ2n) is 1.75. The molecule has 0 heterocycles. The van der Waals surface area contributed by atoms with Crippen molar-refractivity contribution >= 4 is 43.1 Å². The van der Waals surface area contributed by atoms with Crippen LogP contribution in [-0.4, -0.2) is 43.1 Å². The molecule has 0 aliphatic heterocycles. The molecule has 0 aliphatic carbocycles. The Balaban J connectivity index is -0.0000000175. The van der Waals surface area contributed by atoms with Crippen LogP contribution < -0.4 is 71.5 Å². The van der Waals surface area contributed by atoms with E-state index in [1.807, 2.05) is 0 Å². The second-order valence-corrected chi connectivity index (χ2v) is 1.75. The number of carbonyl (C=O) groups is 7. The Morgan fingerprint density at radius 2 is 0.250 bits per heavy atom. The van der Waals surface area contributed by atoms with Crippen LogP contribution in [0.2, 0.25) is 0 Å². The minimum absolute atomic E-state index is 0. The van der Waals surface area contributed by atoms with Gasteiger partial charge in [0.05, 0.1) is 0 Å². The molecule has 0 saturated carbocycles. The number of carboxylic acid groups (broad SMARTS) is 14. The van der Waals surface area contributed by atoms with Crippen LogP contribution in [-0.2, 0) is 52.4 Å². The Hall–Kier alpha value is -0.591. The van der Waals surface area contributed by atoms with Crippen molar-refractivity contribution in [3.63, 3.8) is 0 Å². The van der Waals surface area contributed by atoms with Gasteiger partial charge in [-0.2, -0.15) is 0 Å². The van der Waals surface area contributed by atoms with E-state index in [9.17, 15) is 0 Å². The van der Waals surface area contributed by atoms with Crippen LogP contribution in [0.25, 0.3) is 0 Å². The fourth-order valence-corrected chi connectivity index (χ4v) is 0. The molecule has 0 unspecified atom stereocenters. The van der Waals surface area contributed by atoms with Gasteiger partial charge in [-0.3, -0.25) is 0 Å². The summed E-state index contributed by atoms with van der Waals surface area (Å²) in [6.45, 7) is 0. The minimum atomic E-state index is -2.33. The summed E-state index contributed by atoms with van der Waals surface area (Å²) >= 11 is 0. The van der Waals surface area contributed by atoms with Crippen molar-refractivity contribution in [2.45, 2.75) is 0 Å². The molecule has 0 aromatic heterocycles. The van der Waals surface area contributed by atoms with Crippen LogP contribution >= 0.6 is 0 Å². The van der Waals surface area contributed by atoms with E-state index >= 15 is 0 Å². The fourth-order valence-electron chi connectivity index (χ4n) is 0. The first-order chi connectivity index (χ1) is 12.1. The Labute approximate surface area is 279 Å². The zero-order valence-electron chi connectivity index (χ0n) is 14.1. The average molecular weight is 883 g/mol. The van der Waals surface area contributed by atoms with Gasteiger partial charge in [-0.05, 0) is 43.1 Å². The predicted octanol–water partition coefficient (Wildman–Crippen LogP) is -17.1. The van der Waals surface area contributed by atoms with E-state index in [1.165, 1.54) is 0 Å². The quantitative estimate of drug-likeness (QED) is 0.218. The molecule has 21 nitrogen and oxygen atoms in total. The standard InChI is InChI=1S/7CH2O3.2Ce.2Zr/c7*2-1(3)4;;;;/h7*(H2,2,3,4);;;;/q;;;;;;;2*+3;2*+4/p-14. The minimum Gasteiger partial charge on any atom is -0.652 e. The molecule has 0 amide bonds. The molecule has 0 N–H and O–H groups in total. The third-order valence-electron chi connectivity index (χ3n) is 0. The molecule has 32 heavy (non-hydrogen) atoms. The molecular weight excluding hydrogens is 883 g/mol. The van der Waals surface area contributed by atoms with Crippen LogP contribution in [0.1, 0.15) is 0 Å². The Kier molecular flexibility index (Phi) is 138. The molecule has 25 heteroatoms. The van der Waals surface area contributed by atoms with Gasteiger partial charge in [0.1, 0.15) is 0 Å². The summed E-state index contributed by atoms with van der Waals surface area (Å²) < 4.78 is 0. The number of carbonyl (C=O) groups excluding carboxylic acids is 7. The molecular formula is C7Ce2O21Zr2. The average Bonchev–Trinajstić information content (AvgIpc) is 2.20. The molecule has 0 bridgehead atoms. The van der Waals surface area contributed by atoms with Crippen molar-refractivity contribution < 1.29 is 241 Å². The first-order valence-corrected chi connectivity index (χ1v) is 4.29. The number of rotatable bonds is 0. The first kappa shape index (κ1) is 69.7. The van der Waals surface area contributed by atoms with Crippen LogP contribution in [0.15, 0.2) is 0 Å². The van der Waals surface area contributed by atoms with Crippen LogP contribution in [0.5, 0.6) is 0 Å². The molecule has 0 fully saturated rings. The molecule has 0 aromatic carbocycles. The van der Waals surface area contributed by atoms with Crippen molar-refractivity contribution in [2.24, 2.45) is 0 Å². The maximum absolute atomic E-state index is 8.33. The molecule has 170 valence electrons. The summed E-state index contributed by atoms with van der Waals surface area (Å²) in [6.07, 6.45) is -16.3. The Bertz CT molecular complexity index is 323. The predicted molar refractivity (Wildman–Crippen MR) is 37.8 cm³/mol. The van der Waals surface area contributed by atoms with Gasteiger partial charge in [-0.15, -0.1) is 0 Å². The van der Waals surface area contributed by atoms with Gasteiger partial charge in [-0.1, -0.05) is 0 Å². The van der Waals surface area contributed by atoms with Crippen molar-refractivity contribution in [3.05, 3.63) is 0 Å². The summed E-state index contributed by atoms with van der Waals surface area (Å²) in [4.78, 5) is 58.3. The summed E-state index contributed by atoms with van der Waals surface area (Å²) in [7, 11) is 0. The van der Waals surface area contributed by atoms with Gasteiger partial charge in [0.25, 0.3) is 0 Å². The third kappa shape index (κ3) is 68100. The largest absolute Gasteiger partial charge is 4.00 e. The van der Waals surface area contributed by atoms with Crippen LogP contribution in [0.4, 0.5) is 33.6 Å². The van der Waals surface area contributed by atoms with Gasteiger partial charge in [0.15, 0.2) is 0 Å². The van der Waals surface area contributed by atoms with E-state index in [0.717, 1.165) is 0 Å². The van der Waals surface area contributed by atoms with E-state index in [-0.39, 0.29) is 136 Å². The van der Waals surface area contributed by atoms with Crippen LogP contribution in [0, 0.1) is 83.5 Å². The molecule has 0 atom stereocenters. The van der Waals surface area contributed by atoms with E-state index in [2.05, 4.69) is 0 Å². The van der Waals surface area contributed by atoms with Crippen LogP contribution in [0.3, 0.4) is 0 Å². The third-order valence-corrected chi connectivity index (χ3v) is 0. The Morgan fingerprint density at radius 1 is 0.250 bits per heavy atom. The maximum atomic E-state index is 8.33. The van der Waals surface area contributed by atoms with Crippen molar-refractivity contribution in [3.8, 4) is 0 Å². The van der Waals surface area contributed by atoms with Gasteiger partial charge < -0.3 is 105 Å². The van der Waals surface area contributed by atoms with E-state index < -0.39 is 43.1 Å². The SMILES string of the molecule is O=C([O-])[O-].O=C([O-])[O-].O=C([O-])[O-].O=C([O-])[O-].O=C([O-])[O-].O=C([O-])[O-].O=C([O-])[O-].[Ce+3].[Ce+3].[Zr+4].[Zr+4]. The monoisotopic (exact) mass is 880 g/mol. The first-order valence-electron chi connectivity index (χ1n) is 4.29. The normalized spacial score (nSPS) is 5.25. The number of hydrogen-bond donors (Lipinski definition) is 0. The van der Waals surface area contributed by atoms with E-state index in [0.29, 0.717) is 0 Å². The summed E-state index contributed by atoms with van der Waals surface area (Å²) in [5.74, 6) is 0. The van der Waals surface area contributed by atoms with Gasteiger partial charge in [0, 0.05) is 0 Å². The van der Waals surface area contributed by atoms with Gasteiger partial charge in [-0.25, -0.2) is 0 Å². The van der Waals surface area contributed by atoms with Gasteiger partial charge >= 0.3 is 136 Å². The van der Waals surface area contributed by atoms with E-state index in [1.54, 1.807) is 0 Å². The molecule has 0 saturated heterocycles. The van der Waals surface area contributed by atoms with Crippen molar-refractivity contribution in [2.75, 3.05) is 0 Å².